The number of carbonyl (C=O) groups is 1. The van der Waals surface area contributed by atoms with Gasteiger partial charge in [0.05, 0.1) is 5.69 Å². The fraction of sp³-hybridized carbons (Fsp3) is 0.600. The molecule has 0 spiro atoms. The van der Waals surface area contributed by atoms with Gasteiger partial charge in [0.1, 0.15) is 0 Å². The van der Waals surface area contributed by atoms with Gasteiger partial charge in [-0.2, -0.15) is 0 Å². The Hall–Kier alpha value is -1.46. The number of rotatable bonds is 7. The second-order valence-electron chi connectivity index (χ2n) is 5.80. The third kappa shape index (κ3) is 5.67. The standard InChI is InChI=1S/C15H26N4O/c1-11(2)7-14(10-19(3)4)18-15(20)12-5-6-17-13(8-12)9-16/h5-6,8,11,14H,7,9-10,16H2,1-4H3,(H,18,20). The van der Waals surface area contributed by atoms with E-state index in [0.717, 1.165) is 18.7 Å². The van der Waals surface area contributed by atoms with Crippen LogP contribution in [0.5, 0.6) is 0 Å². The van der Waals surface area contributed by atoms with Gasteiger partial charge >= 0.3 is 0 Å². The Kier molecular flexibility index (Phi) is 6.61. The van der Waals surface area contributed by atoms with Crippen molar-refractivity contribution in [3.8, 4) is 0 Å². The van der Waals surface area contributed by atoms with Gasteiger partial charge in [0.25, 0.3) is 5.91 Å². The Bertz CT molecular complexity index is 422. The van der Waals surface area contributed by atoms with E-state index in [4.69, 9.17) is 5.73 Å². The summed E-state index contributed by atoms with van der Waals surface area (Å²) >= 11 is 0. The van der Waals surface area contributed by atoms with Crippen molar-refractivity contribution in [2.75, 3.05) is 20.6 Å². The molecule has 1 atom stereocenters. The molecule has 0 fully saturated rings. The fourth-order valence-electron chi connectivity index (χ4n) is 2.19. The highest BCUT2D eigenvalue weighted by atomic mass is 16.1. The van der Waals surface area contributed by atoms with Crippen LogP contribution in [0, 0.1) is 5.92 Å². The van der Waals surface area contributed by atoms with Crippen molar-refractivity contribution >= 4 is 5.91 Å². The van der Waals surface area contributed by atoms with Crippen LogP contribution in [-0.2, 0) is 6.54 Å². The summed E-state index contributed by atoms with van der Waals surface area (Å²) in [4.78, 5) is 18.5. The minimum Gasteiger partial charge on any atom is -0.348 e. The van der Waals surface area contributed by atoms with Crippen LogP contribution in [0.3, 0.4) is 0 Å². The van der Waals surface area contributed by atoms with E-state index in [9.17, 15) is 4.79 Å². The lowest BCUT2D eigenvalue weighted by molar-refractivity contribution is 0.0924. The smallest absolute Gasteiger partial charge is 0.251 e. The zero-order valence-electron chi connectivity index (χ0n) is 12.9. The second-order valence-corrected chi connectivity index (χ2v) is 5.80. The summed E-state index contributed by atoms with van der Waals surface area (Å²) in [6, 6.07) is 3.61. The molecule has 5 heteroatoms. The molecule has 1 heterocycles. The highest BCUT2D eigenvalue weighted by Crippen LogP contribution is 2.08. The van der Waals surface area contributed by atoms with Gasteiger partial charge in [-0.25, -0.2) is 0 Å². The Balaban J connectivity index is 2.73. The average molecular weight is 278 g/mol. The molecule has 3 N–H and O–H groups in total. The van der Waals surface area contributed by atoms with Crippen LogP contribution in [0.25, 0.3) is 0 Å². The first-order chi connectivity index (χ1) is 9.42. The summed E-state index contributed by atoms with van der Waals surface area (Å²) < 4.78 is 0. The molecule has 1 aromatic heterocycles. The first-order valence-electron chi connectivity index (χ1n) is 7.03. The molecule has 112 valence electrons. The zero-order valence-corrected chi connectivity index (χ0v) is 12.9. The van der Waals surface area contributed by atoms with E-state index in [1.54, 1.807) is 18.3 Å². The number of likely N-dealkylation sites (N-methyl/N-ethyl adjacent to an activating group) is 1. The van der Waals surface area contributed by atoms with Gasteiger partial charge in [-0.15, -0.1) is 0 Å². The summed E-state index contributed by atoms with van der Waals surface area (Å²) in [5, 5.41) is 3.10. The van der Waals surface area contributed by atoms with Gasteiger partial charge < -0.3 is 16.0 Å². The van der Waals surface area contributed by atoms with Gasteiger partial charge in [-0.3, -0.25) is 9.78 Å². The Morgan fingerprint density at radius 1 is 1.45 bits per heavy atom. The fourth-order valence-corrected chi connectivity index (χ4v) is 2.19. The molecule has 0 radical (unpaired) electrons. The summed E-state index contributed by atoms with van der Waals surface area (Å²) in [6.45, 7) is 5.49. The van der Waals surface area contributed by atoms with E-state index >= 15 is 0 Å². The van der Waals surface area contributed by atoms with Gasteiger partial charge in [-0.1, -0.05) is 13.8 Å². The Morgan fingerprint density at radius 3 is 2.70 bits per heavy atom. The monoisotopic (exact) mass is 278 g/mol. The van der Waals surface area contributed by atoms with E-state index in [1.807, 2.05) is 14.1 Å². The molecule has 20 heavy (non-hydrogen) atoms. The number of hydrogen-bond donors (Lipinski definition) is 2. The van der Waals surface area contributed by atoms with Crippen molar-refractivity contribution in [2.45, 2.75) is 32.9 Å². The normalized spacial score (nSPS) is 12.8. The third-order valence-electron chi connectivity index (χ3n) is 2.96. The summed E-state index contributed by atoms with van der Waals surface area (Å²) in [5.41, 5.74) is 6.90. The minimum atomic E-state index is -0.0606. The molecule has 1 amide bonds. The molecule has 5 nitrogen and oxygen atoms in total. The molecule has 0 aliphatic carbocycles. The molecular formula is C15H26N4O. The number of nitrogens with two attached hydrogens (primary N) is 1. The minimum absolute atomic E-state index is 0.0606. The first-order valence-corrected chi connectivity index (χ1v) is 7.03. The maximum absolute atomic E-state index is 12.3. The number of nitrogens with zero attached hydrogens (tertiary/aromatic N) is 2. The van der Waals surface area contributed by atoms with Crippen LogP contribution >= 0.6 is 0 Å². The zero-order chi connectivity index (χ0) is 15.1. The van der Waals surface area contributed by atoms with Gasteiger partial charge in [-0.05, 0) is 38.6 Å². The molecule has 1 rings (SSSR count). The topological polar surface area (TPSA) is 71.2 Å². The van der Waals surface area contributed by atoms with E-state index < -0.39 is 0 Å². The van der Waals surface area contributed by atoms with Crippen molar-refractivity contribution in [1.82, 2.24) is 15.2 Å². The van der Waals surface area contributed by atoms with E-state index in [1.165, 1.54) is 0 Å². The largest absolute Gasteiger partial charge is 0.348 e. The number of carbonyl (C=O) groups excluding carboxylic acids is 1. The Morgan fingerprint density at radius 2 is 2.15 bits per heavy atom. The maximum Gasteiger partial charge on any atom is 0.251 e. The van der Waals surface area contributed by atoms with Crippen molar-refractivity contribution in [3.05, 3.63) is 29.6 Å². The third-order valence-corrected chi connectivity index (χ3v) is 2.96. The second kappa shape index (κ2) is 7.97. The lowest BCUT2D eigenvalue weighted by Gasteiger charge is -2.24. The molecule has 1 unspecified atom stereocenters. The van der Waals surface area contributed by atoms with Crippen molar-refractivity contribution < 1.29 is 4.79 Å². The number of hydrogen-bond acceptors (Lipinski definition) is 4. The predicted molar refractivity (Wildman–Crippen MR) is 81.4 cm³/mol. The first kappa shape index (κ1) is 16.6. The van der Waals surface area contributed by atoms with E-state index in [2.05, 4.69) is 29.0 Å². The maximum atomic E-state index is 12.3. The van der Waals surface area contributed by atoms with Crippen LogP contribution in [0.4, 0.5) is 0 Å². The lowest BCUT2D eigenvalue weighted by atomic mass is 10.0. The van der Waals surface area contributed by atoms with Crippen molar-refractivity contribution in [2.24, 2.45) is 11.7 Å². The summed E-state index contributed by atoms with van der Waals surface area (Å²) in [5.74, 6) is 0.479. The van der Waals surface area contributed by atoms with E-state index in [0.29, 0.717) is 18.0 Å². The number of nitrogens with one attached hydrogen (secondary N) is 1. The van der Waals surface area contributed by atoms with Crippen LogP contribution in [0.1, 0.15) is 36.3 Å². The molecule has 0 saturated carbocycles. The van der Waals surface area contributed by atoms with Crippen molar-refractivity contribution in [3.63, 3.8) is 0 Å². The molecule has 0 bridgehead atoms. The van der Waals surface area contributed by atoms with Crippen molar-refractivity contribution in [1.29, 1.82) is 0 Å². The number of pyridine rings is 1. The number of aromatic nitrogens is 1. The van der Waals surface area contributed by atoms with Crippen LogP contribution in [-0.4, -0.2) is 42.5 Å². The molecule has 0 saturated heterocycles. The van der Waals surface area contributed by atoms with Crippen LogP contribution < -0.4 is 11.1 Å². The predicted octanol–water partition coefficient (Wildman–Crippen LogP) is 1.25. The molecule has 1 aromatic rings. The summed E-state index contributed by atoms with van der Waals surface area (Å²) in [6.07, 6.45) is 2.58. The molecule has 0 aliphatic rings. The van der Waals surface area contributed by atoms with E-state index in [-0.39, 0.29) is 11.9 Å². The molecule has 0 aromatic carbocycles. The number of amides is 1. The molecule has 0 aliphatic heterocycles. The van der Waals surface area contributed by atoms with Crippen LogP contribution in [0.15, 0.2) is 18.3 Å². The van der Waals surface area contributed by atoms with Gasteiger partial charge in [0.2, 0.25) is 0 Å². The lowest BCUT2D eigenvalue weighted by Crippen LogP contribution is -2.42. The van der Waals surface area contributed by atoms with Gasteiger partial charge in [0.15, 0.2) is 0 Å². The Labute approximate surface area is 121 Å². The highest BCUT2D eigenvalue weighted by molar-refractivity contribution is 5.94. The average Bonchev–Trinajstić information content (AvgIpc) is 2.37. The highest BCUT2D eigenvalue weighted by Gasteiger charge is 2.16. The molecular weight excluding hydrogens is 252 g/mol. The SMILES string of the molecule is CC(C)CC(CN(C)C)NC(=O)c1ccnc(CN)c1. The summed E-state index contributed by atoms with van der Waals surface area (Å²) in [7, 11) is 4.02. The van der Waals surface area contributed by atoms with Crippen LogP contribution in [0.2, 0.25) is 0 Å². The van der Waals surface area contributed by atoms with Gasteiger partial charge in [0, 0.05) is 30.9 Å². The quantitative estimate of drug-likeness (QED) is 0.787.